The number of aryl methyl sites for hydroxylation is 2. The summed E-state index contributed by atoms with van der Waals surface area (Å²) in [4.78, 5) is 35.0. The molecule has 0 atom stereocenters. The van der Waals surface area contributed by atoms with E-state index in [1.54, 1.807) is 12.1 Å². The minimum Gasteiger partial charge on any atom is -0.482 e. The molecule has 0 spiro atoms. The number of esters is 1. The quantitative estimate of drug-likeness (QED) is 0.676. The maximum absolute atomic E-state index is 12.8. The second-order valence-corrected chi connectivity index (χ2v) is 6.10. The first-order chi connectivity index (χ1) is 13.3. The van der Waals surface area contributed by atoms with E-state index < -0.39 is 30.2 Å². The van der Waals surface area contributed by atoms with E-state index >= 15 is 0 Å². The average molecular weight is 388 g/mol. The Morgan fingerprint density at radius 1 is 0.929 bits per heavy atom. The highest BCUT2D eigenvalue weighted by atomic mass is 19.1. The summed E-state index contributed by atoms with van der Waals surface area (Å²) < 4.78 is 22.9. The summed E-state index contributed by atoms with van der Waals surface area (Å²) in [6, 6.07) is 10.7. The summed E-state index contributed by atoms with van der Waals surface area (Å²) in [5.74, 6) is -1.71. The van der Waals surface area contributed by atoms with Crippen LogP contribution in [-0.2, 0) is 19.1 Å². The summed E-state index contributed by atoms with van der Waals surface area (Å²) in [6.45, 7) is 2.65. The van der Waals surface area contributed by atoms with E-state index in [1.165, 1.54) is 24.3 Å². The van der Waals surface area contributed by atoms with Crippen LogP contribution in [0.5, 0.6) is 5.75 Å². The average Bonchev–Trinajstić information content (AvgIpc) is 2.64. The normalized spacial score (nSPS) is 10.1. The van der Waals surface area contributed by atoms with Gasteiger partial charge in [0.1, 0.15) is 11.6 Å². The number of hydrogen-bond acceptors (Lipinski definition) is 5. The van der Waals surface area contributed by atoms with E-state index in [9.17, 15) is 18.8 Å². The second-order valence-electron chi connectivity index (χ2n) is 6.10. The fourth-order valence-corrected chi connectivity index (χ4v) is 2.31. The van der Waals surface area contributed by atoms with E-state index in [4.69, 9.17) is 9.47 Å². The Balaban J connectivity index is 1.65. The number of carbonyl (C=O) groups excluding carboxylic acids is 3. The molecule has 2 rings (SSSR count). The van der Waals surface area contributed by atoms with Crippen LogP contribution < -0.4 is 15.4 Å². The summed E-state index contributed by atoms with van der Waals surface area (Å²) in [5.41, 5.74) is 2.40. The minimum atomic E-state index is -0.704. The SMILES string of the molecule is Cc1cc(C)cc(OCC(=O)OCC(=O)NCC(=O)Nc2ccc(F)cc2)c1. The van der Waals surface area contributed by atoms with Crippen molar-refractivity contribution in [2.24, 2.45) is 0 Å². The van der Waals surface area contributed by atoms with Gasteiger partial charge in [0.05, 0.1) is 6.54 Å². The molecule has 8 heteroatoms. The first kappa shape index (κ1) is 20.9. The Morgan fingerprint density at radius 3 is 2.21 bits per heavy atom. The number of halogens is 1. The highest BCUT2D eigenvalue weighted by Gasteiger charge is 2.10. The molecule has 0 unspecified atom stereocenters. The van der Waals surface area contributed by atoms with Gasteiger partial charge in [0.25, 0.3) is 5.91 Å². The first-order valence-corrected chi connectivity index (χ1v) is 8.50. The number of benzene rings is 2. The van der Waals surface area contributed by atoms with Gasteiger partial charge in [-0.15, -0.1) is 0 Å². The molecule has 0 radical (unpaired) electrons. The van der Waals surface area contributed by atoms with Crippen molar-refractivity contribution in [3.8, 4) is 5.75 Å². The molecule has 0 aliphatic rings. The molecule has 0 aliphatic carbocycles. The Kier molecular flexibility index (Phi) is 7.50. The number of carbonyl (C=O) groups is 3. The van der Waals surface area contributed by atoms with Crippen LogP contribution in [-0.4, -0.2) is 37.5 Å². The number of hydrogen-bond donors (Lipinski definition) is 2. The molecule has 0 fully saturated rings. The number of anilines is 1. The zero-order valence-electron chi connectivity index (χ0n) is 15.6. The lowest BCUT2D eigenvalue weighted by molar-refractivity contribution is -0.150. The Labute approximate surface area is 161 Å². The Morgan fingerprint density at radius 2 is 1.57 bits per heavy atom. The highest BCUT2D eigenvalue weighted by molar-refractivity contribution is 5.94. The van der Waals surface area contributed by atoms with Crippen molar-refractivity contribution in [3.63, 3.8) is 0 Å². The molecule has 28 heavy (non-hydrogen) atoms. The zero-order chi connectivity index (χ0) is 20.5. The Hall–Kier alpha value is -3.42. The smallest absolute Gasteiger partial charge is 0.344 e. The third kappa shape index (κ3) is 7.45. The highest BCUT2D eigenvalue weighted by Crippen LogP contribution is 2.16. The van der Waals surface area contributed by atoms with Crippen LogP contribution in [0.3, 0.4) is 0 Å². The minimum absolute atomic E-state index is 0.313. The van der Waals surface area contributed by atoms with Crippen LogP contribution in [0.4, 0.5) is 10.1 Å². The van der Waals surface area contributed by atoms with Gasteiger partial charge in [-0.1, -0.05) is 6.07 Å². The van der Waals surface area contributed by atoms with Crippen LogP contribution >= 0.6 is 0 Å². The van der Waals surface area contributed by atoms with Gasteiger partial charge >= 0.3 is 5.97 Å². The number of nitrogens with one attached hydrogen (secondary N) is 2. The van der Waals surface area contributed by atoms with Gasteiger partial charge in [-0.05, 0) is 61.4 Å². The largest absolute Gasteiger partial charge is 0.482 e. The summed E-state index contributed by atoms with van der Waals surface area (Å²) >= 11 is 0. The van der Waals surface area contributed by atoms with E-state index in [1.807, 2.05) is 19.9 Å². The van der Waals surface area contributed by atoms with Crippen molar-refractivity contribution >= 4 is 23.5 Å². The van der Waals surface area contributed by atoms with Crippen molar-refractivity contribution in [3.05, 3.63) is 59.4 Å². The van der Waals surface area contributed by atoms with Crippen molar-refractivity contribution in [2.45, 2.75) is 13.8 Å². The summed E-state index contributed by atoms with van der Waals surface area (Å²) in [7, 11) is 0. The van der Waals surface area contributed by atoms with Gasteiger partial charge in [-0.3, -0.25) is 9.59 Å². The molecule has 0 heterocycles. The molecule has 2 aromatic rings. The molecule has 0 bridgehead atoms. The molecule has 0 aromatic heterocycles. The predicted octanol–water partition coefficient (Wildman–Crippen LogP) is 2.12. The standard InChI is InChI=1S/C20H21FN2O5/c1-13-7-14(2)9-17(8-13)27-12-20(26)28-11-19(25)22-10-18(24)23-16-5-3-15(21)4-6-16/h3-9H,10-12H2,1-2H3,(H,22,25)(H,23,24). The topological polar surface area (TPSA) is 93.7 Å². The van der Waals surface area contributed by atoms with Gasteiger partial charge in [-0.2, -0.15) is 0 Å². The maximum atomic E-state index is 12.8. The zero-order valence-corrected chi connectivity index (χ0v) is 15.6. The maximum Gasteiger partial charge on any atom is 0.344 e. The van der Waals surface area contributed by atoms with Crippen molar-refractivity contribution < 1.29 is 28.2 Å². The molecule has 0 aliphatic heterocycles. The van der Waals surface area contributed by atoms with Gasteiger partial charge in [0.15, 0.2) is 13.2 Å². The van der Waals surface area contributed by atoms with Crippen LogP contribution in [0, 0.1) is 19.7 Å². The monoisotopic (exact) mass is 388 g/mol. The van der Waals surface area contributed by atoms with Crippen LogP contribution in [0.2, 0.25) is 0 Å². The molecular formula is C20H21FN2O5. The first-order valence-electron chi connectivity index (χ1n) is 8.50. The van der Waals surface area contributed by atoms with Gasteiger partial charge in [0.2, 0.25) is 5.91 Å². The van der Waals surface area contributed by atoms with Gasteiger partial charge in [0, 0.05) is 5.69 Å². The third-order valence-corrected chi connectivity index (χ3v) is 3.49. The van der Waals surface area contributed by atoms with Crippen LogP contribution in [0.1, 0.15) is 11.1 Å². The number of amides is 2. The fourth-order valence-electron chi connectivity index (χ4n) is 2.31. The summed E-state index contributed by atoms with van der Waals surface area (Å²) in [6.07, 6.45) is 0. The molecular weight excluding hydrogens is 367 g/mol. The van der Waals surface area contributed by atoms with Crippen LogP contribution in [0.25, 0.3) is 0 Å². The van der Waals surface area contributed by atoms with Crippen molar-refractivity contribution in [1.29, 1.82) is 0 Å². The Bertz CT molecular complexity index is 832. The van der Waals surface area contributed by atoms with Crippen molar-refractivity contribution in [2.75, 3.05) is 25.1 Å². The molecule has 148 valence electrons. The summed E-state index contributed by atoms with van der Waals surface area (Å²) in [5, 5.41) is 4.80. The van der Waals surface area contributed by atoms with Gasteiger partial charge in [-0.25, -0.2) is 9.18 Å². The molecule has 2 aromatic carbocycles. The lowest BCUT2D eigenvalue weighted by Gasteiger charge is -2.09. The van der Waals surface area contributed by atoms with E-state index in [0.717, 1.165) is 11.1 Å². The lowest BCUT2D eigenvalue weighted by Crippen LogP contribution is -2.36. The fraction of sp³-hybridized carbons (Fsp3) is 0.250. The predicted molar refractivity (Wildman–Crippen MR) is 100 cm³/mol. The molecule has 2 amide bonds. The molecule has 2 N–H and O–H groups in total. The number of rotatable bonds is 8. The number of ether oxygens (including phenoxy) is 2. The molecule has 7 nitrogen and oxygen atoms in total. The van der Waals surface area contributed by atoms with E-state index in [2.05, 4.69) is 10.6 Å². The third-order valence-electron chi connectivity index (χ3n) is 3.49. The van der Waals surface area contributed by atoms with Crippen molar-refractivity contribution in [1.82, 2.24) is 5.32 Å². The van der Waals surface area contributed by atoms with E-state index in [-0.39, 0.29) is 13.2 Å². The molecule has 0 saturated carbocycles. The molecule has 0 saturated heterocycles. The van der Waals surface area contributed by atoms with Gasteiger partial charge < -0.3 is 20.1 Å². The van der Waals surface area contributed by atoms with E-state index in [0.29, 0.717) is 11.4 Å². The second kappa shape index (κ2) is 10.1. The van der Waals surface area contributed by atoms with Crippen LogP contribution in [0.15, 0.2) is 42.5 Å². The lowest BCUT2D eigenvalue weighted by atomic mass is 10.1.